The van der Waals surface area contributed by atoms with E-state index in [0.29, 0.717) is 6.61 Å². The highest BCUT2D eigenvalue weighted by Gasteiger charge is 2.29. The van der Waals surface area contributed by atoms with E-state index in [2.05, 4.69) is 23.9 Å². The summed E-state index contributed by atoms with van der Waals surface area (Å²) in [6, 6.07) is 7.91. The molecule has 2 atom stereocenters. The van der Waals surface area contributed by atoms with Gasteiger partial charge in [0.05, 0.1) is 18.8 Å². The summed E-state index contributed by atoms with van der Waals surface area (Å²) in [4.78, 5) is 4.55. The Balaban J connectivity index is 2.22. The fourth-order valence-corrected chi connectivity index (χ4v) is 2.87. The van der Waals surface area contributed by atoms with Gasteiger partial charge in [-0.2, -0.15) is 0 Å². The maximum atomic E-state index is 10.8. The molecule has 1 saturated heterocycles. The van der Waals surface area contributed by atoms with Gasteiger partial charge in [-0.05, 0) is 46.6 Å². The first-order valence-electron chi connectivity index (χ1n) is 7.42. The molecule has 1 aliphatic rings. The minimum Gasteiger partial charge on any atom is -0.493 e. The van der Waals surface area contributed by atoms with E-state index in [9.17, 15) is 5.11 Å². The van der Waals surface area contributed by atoms with Crippen LogP contribution in [0.25, 0.3) is 0 Å². The standard InChI is InChI=1S/C16H26N2O2/c1-4-20-15-9-6-5-8-13(15)16(19)14-12-17(2)10-7-11-18(14)3/h5-6,8-9,14,16,19H,4,7,10-12H2,1-3H3. The summed E-state index contributed by atoms with van der Waals surface area (Å²) in [6.07, 6.45) is 0.617. The van der Waals surface area contributed by atoms with Gasteiger partial charge in [0.25, 0.3) is 0 Å². The second kappa shape index (κ2) is 7.07. The van der Waals surface area contributed by atoms with Crippen LogP contribution >= 0.6 is 0 Å². The van der Waals surface area contributed by atoms with Crippen molar-refractivity contribution in [2.24, 2.45) is 0 Å². The Morgan fingerprint density at radius 1 is 1.30 bits per heavy atom. The lowest BCUT2D eigenvalue weighted by Gasteiger charge is -2.32. The van der Waals surface area contributed by atoms with Gasteiger partial charge in [-0.25, -0.2) is 0 Å². The number of ether oxygens (including phenoxy) is 1. The van der Waals surface area contributed by atoms with Crippen LogP contribution in [0.4, 0.5) is 0 Å². The average molecular weight is 278 g/mol. The fourth-order valence-electron chi connectivity index (χ4n) is 2.87. The number of benzene rings is 1. The summed E-state index contributed by atoms with van der Waals surface area (Å²) in [7, 11) is 4.21. The molecule has 0 bridgehead atoms. The van der Waals surface area contributed by atoms with Crippen LogP contribution in [-0.4, -0.2) is 61.3 Å². The zero-order valence-corrected chi connectivity index (χ0v) is 12.7. The maximum absolute atomic E-state index is 10.8. The first kappa shape index (κ1) is 15.3. The van der Waals surface area contributed by atoms with Crippen LogP contribution in [0.3, 0.4) is 0 Å². The van der Waals surface area contributed by atoms with Crippen molar-refractivity contribution >= 4 is 0 Å². The van der Waals surface area contributed by atoms with Crippen LogP contribution in [0, 0.1) is 0 Å². The molecule has 0 radical (unpaired) electrons. The van der Waals surface area contributed by atoms with Crippen LogP contribution in [0.15, 0.2) is 24.3 Å². The van der Waals surface area contributed by atoms with E-state index in [1.54, 1.807) is 0 Å². The van der Waals surface area contributed by atoms with E-state index in [0.717, 1.165) is 37.4 Å². The van der Waals surface area contributed by atoms with E-state index < -0.39 is 6.10 Å². The second-order valence-electron chi connectivity index (χ2n) is 5.58. The summed E-state index contributed by atoms with van der Waals surface area (Å²) in [6.45, 7) is 5.56. The smallest absolute Gasteiger partial charge is 0.125 e. The van der Waals surface area contributed by atoms with Crippen molar-refractivity contribution in [3.63, 3.8) is 0 Å². The fraction of sp³-hybridized carbons (Fsp3) is 0.625. The topological polar surface area (TPSA) is 35.9 Å². The molecular formula is C16H26N2O2. The molecule has 1 aliphatic heterocycles. The maximum Gasteiger partial charge on any atom is 0.125 e. The Morgan fingerprint density at radius 2 is 2.05 bits per heavy atom. The highest BCUT2D eigenvalue weighted by atomic mass is 16.5. The predicted octanol–water partition coefficient (Wildman–Crippen LogP) is 1.75. The van der Waals surface area contributed by atoms with Crippen molar-refractivity contribution in [2.75, 3.05) is 40.3 Å². The second-order valence-corrected chi connectivity index (χ2v) is 5.58. The van der Waals surface area contributed by atoms with Crippen LogP contribution in [-0.2, 0) is 0 Å². The molecule has 1 heterocycles. The van der Waals surface area contributed by atoms with Crippen LogP contribution in [0.5, 0.6) is 5.75 Å². The Hall–Kier alpha value is -1.10. The SMILES string of the molecule is CCOc1ccccc1C(O)C1CN(C)CCCN1C. The number of aliphatic hydroxyl groups is 1. The predicted molar refractivity (Wildman–Crippen MR) is 81.1 cm³/mol. The van der Waals surface area contributed by atoms with Crippen molar-refractivity contribution in [3.8, 4) is 5.75 Å². The van der Waals surface area contributed by atoms with Gasteiger partial charge in [0.15, 0.2) is 0 Å². The Kier molecular flexibility index (Phi) is 5.40. The first-order chi connectivity index (χ1) is 9.63. The van der Waals surface area contributed by atoms with Gasteiger partial charge < -0.3 is 14.7 Å². The molecule has 1 aromatic carbocycles. The molecule has 0 amide bonds. The Morgan fingerprint density at radius 3 is 2.80 bits per heavy atom. The third kappa shape index (κ3) is 3.51. The molecule has 2 unspecified atom stereocenters. The zero-order chi connectivity index (χ0) is 14.5. The lowest BCUT2D eigenvalue weighted by atomic mass is 10.00. The molecule has 0 aliphatic carbocycles. The van der Waals surface area contributed by atoms with Crippen LogP contribution in [0.2, 0.25) is 0 Å². The summed E-state index contributed by atoms with van der Waals surface area (Å²) >= 11 is 0. The molecule has 4 nitrogen and oxygen atoms in total. The molecular weight excluding hydrogens is 252 g/mol. The van der Waals surface area contributed by atoms with Gasteiger partial charge in [0.1, 0.15) is 5.75 Å². The van der Waals surface area contributed by atoms with Gasteiger partial charge in [0.2, 0.25) is 0 Å². The molecule has 1 N–H and O–H groups in total. The molecule has 1 fully saturated rings. The molecule has 1 aromatic rings. The van der Waals surface area contributed by atoms with Crippen molar-refractivity contribution in [1.82, 2.24) is 9.80 Å². The minimum atomic E-state index is -0.525. The highest BCUT2D eigenvalue weighted by molar-refractivity contribution is 5.36. The zero-order valence-electron chi connectivity index (χ0n) is 12.7. The van der Waals surface area contributed by atoms with E-state index >= 15 is 0 Å². The number of hydrogen-bond donors (Lipinski definition) is 1. The Bertz CT molecular complexity index is 425. The summed E-state index contributed by atoms with van der Waals surface area (Å²) in [5.41, 5.74) is 0.890. The van der Waals surface area contributed by atoms with Crippen LogP contribution < -0.4 is 4.74 Å². The molecule has 4 heteroatoms. The number of para-hydroxylation sites is 1. The van der Waals surface area contributed by atoms with Crippen molar-refractivity contribution in [2.45, 2.75) is 25.5 Å². The lowest BCUT2D eigenvalue weighted by Crippen LogP contribution is -2.42. The van der Waals surface area contributed by atoms with Gasteiger partial charge >= 0.3 is 0 Å². The molecule has 2 rings (SSSR count). The molecule has 0 spiro atoms. The van der Waals surface area contributed by atoms with Gasteiger partial charge in [0, 0.05) is 12.1 Å². The third-order valence-electron chi connectivity index (χ3n) is 4.02. The number of likely N-dealkylation sites (N-methyl/N-ethyl adjacent to an activating group) is 2. The van der Waals surface area contributed by atoms with Crippen molar-refractivity contribution in [1.29, 1.82) is 0 Å². The normalized spacial score (nSPS) is 23.3. The number of aliphatic hydroxyl groups excluding tert-OH is 1. The van der Waals surface area contributed by atoms with Gasteiger partial charge in [-0.15, -0.1) is 0 Å². The molecule has 0 aromatic heterocycles. The summed E-state index contributed by atoms with van der Waals surface area (Å²) in [5.74, 6) is 0.794. The summed E-state index contributed by atoms with van der Waals surface area (Å²) < 4.78 is 5.65. The summed E-state index contributed by atoms with van der Waals surface area (Å²) in [5, 5.41) is 10.8. The van der Waals surface area contributed by atoms with Crippen molar-refractivity contribution in [3.05, 3.63) is 29.8 Å². The molecule has 0 saturated carbocycles. The van der Waals surface area contributed by atoms with E-state index in [-0.39, 0.29) is 6.04 Å². The first-order valence-corrected chi connectivity index (χ1v) is 7.42. The van der Waals surface area contributed by atoms with Crippen LogP contribution in [0.1, 0.15) is 25.0 Å². The van der Waals surface area contributed by atoms with Crippen molar-refractivity contribution < 1.29 is 9.84 Å². The average Bonchev–Trinajstić information content (AvgIpc) is 2.61. The number of hydrogen-bond acceptors (Lipinski definition) is 4. The van der Waals surface area contributed by atoms with Gasteiger partial charge in [-0.1, -0.05) is 18.2 Å². The number of nitrogens with zero attached hydrogens (tertiary/aromatic N) is 2. The van der Waals surface area contributed by atoms with E-state index in [1.165, 1.54) is 0 Å². The monoisotopic (exact) mass is 278 g/mol. The Labute approximate surface area is 122 Å². The van der Waals surface area contributed by atoms with E-state index in [4.69, 9.17) is 4.74 Å². The molecule has 112 valence electrons. The minimum absolute atomic E-state index is 0.101. The highest BCUT2D eigenvalue weighted by Crippen LogP contribution is 2.30. The molecule has 20 heavy (non-hydrogen) atoms. The lowest BCUT2D eigenvalue weighted by molar-refractivity contribution is 0.0551. The van der Waals surface area contributed by atoms with Gasteiger partial charge in [-0.3, -0.25) is 4.90 Å². The van der Waals surface area contributed by atoms with E-state index in [1.807, 2.05) is 31.2 Å². The largest absolute Gasteiger partial charge is 0.493 e. The quantitative estimate of drug-likeness (QED) is 0.910. The third-order valence-corrected chi connectivity index (χ3v) is 4.02. The number of rotatable bonds is 4.